The predicted octanol–water partition coefficient (Wildman–Crippen LogP) is 0.986. The van der Waals surface area contributed by atoms with Gasteiger partial charge in [-0.05, 0) is 13.3 Å². The Balaban J connectivity index is 0. The van der Waals surface area contributed by atoms with E-state index in [4.69, 9.17) is 0 Å². The van der Waals surface area contributed by atoms with E-state index < -0.39 is 21.5 Å². The second-order valence-corrected chi connectivity index (χ2v) is 7.82. The van der Waals surface area contributed by atoms with Crippen LogP contribution in [0.3, 0.4) is 0 Å². The molecule has 128 valence electrons. The molecule has 0 fully saturated rings. The second-order valence-electron chi connectivity index (χ2n) is 6.09. The number of aliphatic hydroxyl groups excluding tert-OH is 1. The van der Waals surface area contributed by atoms with Crippen molar-refractivity contribution in [3.63, 3.8) is 0 Å². The molecule has 0 aliphatic heterocycles. The molecule has 0 saturated carbocycles. The van der Waals surface area contributed by atoms with Gasteiger partial charge in [0.15, 0.2) is 0 Å². The van der Waals surface area contributed by atoms with Gasteiger partial charge in [-0.2, -0.15) is 0 Å². The van der Waals surface area contributed by atoms with Crippen molar-refractivity contribution in [2.45, 2.75) is 102 Å². The molecule has 0 aromatic heterocycles. The van der Waals surface area contributed by atoms with Crippen LogP contribution in [0.25, 0.3) is 0 Å². The van der Waals surface area contributed by atoms with Crippen LogP contribution in [0, 0.1) is 0 Å². The summed E-state index contributed by atoms with van der Waals surface area (Å²) >= 11 is 0. The summed E-state index contributed by atoms with van der Waals surface area (Å²) in [4.78, 5) is 0. The van der Waals surface area contributed by atoms with Gasteiger partial charge < -0.3 is 9.66 Å². The molecule has 6 heteroatoms. The molecule has 0 radical (unpaired) electrons. The summed E-state index contributed by atoms with van der Waals surface area (Å²) in [5, 5.41) is 8.42. The minimum Gasteiger partial charge on any atom is -0.748 e. The summed E-state index contributed by atoms with van der Waals surface area (Å²) in [5.41, 5.74) is 0. The summed E-state index contributed by atoms with van der Waals surface area (Å²) in [7, 11) is -4.37. The minimum absolute atomic E-state index is 0. The van der Waals surface area contributed by atoms with Crippen molar-refractivity contribution in [1.29, 1.82) is 0 Å². The number of aliphatic hydroxyl groups is 1. The van der Waals surface area contributed by atoms with E-state index in [1.165, 1.54) is 58.3 Å². The summed E-state index contributed by atoms with van der Waals surface area (Å²) in [6.07, 6.45) is 12.7. The van der Waals surface area contributed by atoms with Gasteiger partial charge in [0.1, 0.15) is 0 Å². The van der Waals surface area contributed by atoms with Crippen LogP contribution >= 0.6 is 0 Å². The SMILES string of the molecule is CCCCCCCCCCCCCC(O)C(C)S(=O)(=O)[O-].[Na+]. The average molecular weight is 344 g/mol. The van der Waals surface area contributed by atoms with Crippen LogP contribution in [0.4, 0.5) is 0 Å². The predicted molar refractivity (Wildman–Crippen MR) is 86.2 cm³/mol. The Morgan fingerprint density at radius 2 is 1.23 bits per heavy atom. The van der Waals surface area contributed by atoms with Crippen LogP contribution in [0.1, 0.15) is 90.9 Å². The van der Waals surface area contributed by atoms with Gasteiger partial charge in [0.25, 0.3) is 0 Å². The molecule has 0 bridgehead atoms. The van der Waals surface area contributed by atoms with Gasteiger partial charge in [-0.25, -0.2) is 8.42 Å². The van der Waals surface area contributed by atoms with Crippen molar-refractivity contribution in [3.8, 4) is 0 Å². The van der Waals surface area contributed by atoms with Gasteiger partial charge in [0.2, 0.25) is 0 Å². The first-order valence-electron chi connectivity index (χ1n) is 8.52. The normalized spacial score (nSPS) is 14.4. The van der Waals surface area contributed by atoms with Crippen LogP contribution in [0.2, 0.25) is 0 Å². The monoisotopic (exact) mass is 344 g/mol. The molecule has 2 atom stereocenters. The number of rotatable bonds is 14. The zero-order valence-electron chi connectivity index (χ0n) is 14.7. The van der Waals surface area contributed by atoms with Gasteiger partial charge in [0.05, 0.1) is 21.5 Å². The quantitative estimate of drug-likeness (QED) is 0.290. The van der Waals surface area contributed by atoms with Crippen molar-refractivity contribution in [3.05, 3.63) is 0 Å². The van der Waals surface area contributed by atoms with Gasteiger partial charge in [-0.3, -0.25) is 0 Å². The van der Waals surface area contributed by atoms with E-state index in [0.29, 0.717) is 6.42 Å². The number of hydrogen-bond donors (Lipinski definition) is 1. The second kappa shape index (κ2) is 15.4. The maximum Gasteiger partial charge on any atom is 1.00 e. The molecule has 0 heterocycles. The van der Waals surface area contributed by atoms with Crippen molar-refractivity contribution < 1.29 is 47.6 Å². The maximum absolute atomic E-state index is 10.8. The van der Waals surface area contributed by atoms with Gasteiger partial charge >= 0.3 is 29.6 Å². The first-order valence-corrected chi connectivity index (χ1v) is 9.99. The Bertz CT molecular complexity index is 333. The molecule has 1 N–H and O–H groups in total. The van der Waals surface area contributed by atoms with Crippen molar-refractivity contribution in [2.75, 3.05) is 0 Å². The molecule has 0 aromatic rings. The third-order valence-electron chi connectivity index (χ3n) is 4.10. The van der Waals surface area contributed by atoms with Crippen LogP contribution in [0.15, 0.2) is 0 Å². The van der Waals surface area contributed by atoms with Gasteiger partial charge in [0, 0.05) is 0 Å². The Kier molecular flexibility index (Phi) is 17.6. The molecule has 0 rings (SSSR count). The fourth-order valence-electron chi connectivity index (χ4n) is 2.44. The van der Waals surface area contributed by atoms with Gasteiger partial charge in [-0.15, -0.1) is 0 Å². The van der Waals surface area contributed by atoms with E-state index in [1.54, 1.807) is 0 Å². The fourth-order valence-corrected chi connectivity index (χ4v) is 2.97. The van der Waals surface area contributed by atoms with Crippen molar-refractivity contribution in [1.82, 2.24) is 0 Å². The van der Waals surface area contributed by atoms with E-state index in [0.717, 1.165) is 19.3 Å². The van der Waals surface area contributed by atoms with Crippen molar-refractivity contribution >= 4 is 10.1 Å². The summed E-state index contributed by atoms with van der Waals surface area (Å²) < 4.78 is 32.3. The molecule has 0 aliphatic carbocycles. The van der Waals surface area contributed by atoms with E-state index in [-0.39, 0.29) is 29.6 Å². The van der Waals surface area contributed by atoms with E-state index in [2.05, 4.69) is 6.92 Å². The Morgan fingerprint density at radius 1 is 0.864 bits per heavy atom. The molecule has 0 spiro atoms. The first kappa shape index (κ1) is 25.1. The Morgan fingerprint density at radius 3 is 1.59 bits per heavy atom. The molecule has 2 unspecified atom stereocenters. The molecule has 0 amide bonds. The standard InChI is InChI=1S/C16H34O4S.Na/c1-3-4-5-6-7-8-9-10-11-12-13-14-16(17)15(2)21(18,19)20;/h15-17H,3-14H2,1-2H3,(H,18,19,20);/q;+1/p-1. The van der Waals surface area contributed by atoms with Gasteiger partial charge in [-0.1, -0.05) is 77.6 Å². The number of unbranched alkanes of at least 4 members (excludes halogenated alkanes) is 10. The van der Waals surface area contributed by atoms with Crippen LogP contribution in [0.5, 0.6) is 0 Å². The first-order chi connectivity index (χ1) is 9.89. The number of hydrogen-bond acceptors (Lipinski definition) is 4. The molecule has 4 nitrogen and oxygen atoms in total. The van der Waals surface area contributed by atoms with E-state index in [9.17, 15) is 18.1 Å². The molecular weight excluding hydrogens is 311 g/mol. The molecule has 0 saturated heterocycles. The Hall–Kier alpha value is 0.870. The molecule has 0 aliphatic rings. The zero-order valence-corrected chi connectivity index (χ0v) is 17.5. The smallest absolute Gasteiger partial charge is 0.748 e. The summed E-state index contributed by atoms with van der Waals surface area (Å²) in [5.74, 6) is 0. The van der Waals surface area contributed by atoms with Crippen LogP contribution < -0.4 is 29.6 Å². The molecule has 0 aromatic carbocycles. The van der Waals surface area contributed by atoms with E-state index in [1.807, 2.05) is 0 Å². The summed E-state index contributed by atoms with van der Waals surface area (Å²) in [6, 6.07) is 0. The zero-order chi connectivity index (χ0) is 16.1. The van der Waals surface area contributed by atoms with Crippen LogP contribution in [-0.4, -0.2) is 29.4 Å². The molecule has 22 heavy (non-hydrogen) atoms. The maximum atomic E-state index is 10.8. The minimum atomic E-state index is -4.37. The average Bonchev–Trinajstić information content (AvgIpc) is 2.42. The van der Waals surface area contributed by atoms with E-state index >= 15 is 0 Å². The third kappa shape index (κ3) is 14.5. The fraction of sp³-hybridized carbons (Fsp3) is 1.00. The van der Waals surface area contributed by atoms with Crippen LogP contribution in [-0.2, 0) is 10.1 Å². The summed E-state index contributed by atoms with van der Waals surface area (Å²) in [6.45, 7) is 3.51. The largest absolute Gasteiger partial charge is 1.00 e. The third-order valence-corrected chi connectivity index (χ3v) is 5.33. The Labute approximate surface area is 159 Å². The topological polar surface area (TPSA) is 77.4 Å². The van der Waals surface area contributed by atoms with Crippen molar-refractivity contribution in [2.24, 2.45) is 0 Å². The molecular formula is C16H33NaO4S.